The van der Waals surface area contributed by atoms with Crippen LogP contribution in [0.3, 0.4) is 0 Å². The molecule has 0 saturated heterocycles. The molecule has 0 aromatic heterocycles. The van der Waals surface area contributed by atoms with Gasteiger partial charge in [0, 0.05) is 7.11 Å². The molecule has 0 radical (unpaired) electrons. The molecule has 1 rings (SSSR count). The van der Waals surface area contributed by atoms with Gasteiger partial charge in [0.15, 0.2) is 6.79 Å². The van der Waals surface area contributed by atoms with Crippen LogP contribution >= 0.6 is 0 Å². The average molecular weight is 205 g/mol. The summed E-state index contributed by atoms with van der Waals surface area (Å²) in [6, 6.07) is 4.52. The van der Waals surface area contributed by atoms with E-state index in [0.717, 1.165) is 12.1 Å². The molecule has 0 unspecified atom stereocenters. The minimum atomic E-state index is -4.92. The van der Waals surface area contributed by atoms with E-state index in [4.69, 9.17) is 4.74 Å². The molecule has 0 heterocycles. The standard InChI is InChI=1S/C8H9BF3O2/c1-13-6-14-8-4-2-7(3-5-8)9(10,11)12/h2-5H,6H2,1H3/q-1. The van der Waals surface area contributed by atoms with Gasteiger partial charge in [0.1, 0.15) is 5.75 Å². The average Bonchev–Trinajstić information content (AvgIpc) is 2.14. The lowest BCUT2D eigenvalue weighted by molar-refractivity contribution is 0.0511. The first-order valence-corrected chi connectivity index (χ1v) is 3.95. The van der Waals surface area contributed by atoms with Crippen molar-refractivity contribution in [2.75, 3.05) is 13.9 Å². The van der Waals surface area contributed by atoms with Crippen LogP contribution in [-0.2, 0) is 4.74 Å². The second-order valence-corrected chi connectivity index (χ2v) is 2.69. The van der Waals surface area contributed by atoms with E-state index in [2.05, 4.69) is 4.74 Å². The molecule has 78 valence electrons. The van der Waals surface area contributed by atoms with Crippen molar-refractivity contribution >= 4 is 12.4 Å². The Bertz CT molecular complexity index is 284. The summed E-state index contributed by atoms with van der Waals surface area (Å²) in [5.41, 5.74) is -0.630. The summed E-state index contributed by atoms with van der Waals surface area (Å²) in [7, 11) is 1.44. The first kappa shape index (κ1) is 10.9. The van der Waals surface area contributed by atoms with Crippen LogP contribution in [0.25, 0.3) is 0 Å². The van der Waals surface area contributed by atoms with Gasteiger partial charge in [-0.3, -0.25) is 0 Å². The fourth-order valence-electron chi connectivity index (χ4n) is 0.909. The predicted octanol–water partition coefficient (Wildman–Crippen LogP) is 1.72. The molecule has 0 N–H and O–H groups in total. The molecule has 0 aliphatic heterocycles. The Hall–Kier alpha value is -1.17. The quantitative estimate of drug-likeness (QED) is 0.550. The van der Waals surface area contributed by atoms with Crippen molar-refractivity contribution in [2.24, 2.45) is 0 Å². The van der Waals surface area contributed by atoms with Crippen LogP contribution in [0.2, 0.25) is 0 Å². The molecule has 0 aliphatic rings. The van der Waals surface area contributed by atoms with Crippen molar-refractivity contribution in [3.05, 3.63) is 24.3 Å². The fourth-order valence-corrected chi connectivity index (χ4v) is 0.909. The van der Waals surface area contributed by atoms with E-state index in [-0.39, 0.29) is 6.79 Å². The van der Waals surface area contributed by atoms with Gasteiger partial charge >= 0.3 is 6.98 Å². The summed E-state index contributed by atoms with van der Waals surface area (Å²) in [5.74, 6) is 0.357. The molecule has 0 atom stereocenters. The lowest BCUT2D eigenvalue weighted by Gasteiger charge is -2.14. The Labute approximate surface area is 79.7 Å². The summed E-state index contributed by atoms with van der Waals surface area (Å²) in [6.07, 6.45) is 0. The number of hydrogen-bond acceptors (Lipinski definition) is 2. The monoisotopic (exact) mass is 205 g/mol. The van der Waals surface area contributed by atoms with Crippen molar-refractivity contribution in [1.82, 2.24) is 0 Å². The molecular weight excluding hydrogens is 196 g/mol. The lowest BCUT2D eigenvalue weighted by atomic mass is 9.80. The predicted molar refractivity (Wildman–Crippen MR) is 47.7 cm³/mol. The van der Waals surface area contributed by atoms with Gasteiger partial charge in [0.2, 0.25) is 0 Å². The van der Waals surface area contributed by atoms with Crippen LogP contribution in [0.5, 0.6) is 5.75 Å². The van der Waals surface area contributed by atoms with E-state index in [1.165, 1.54) is 19.2 Å². The highest BCUT2D eigenvalue weighted by molar-refractivity contribution is 6.73. The van der Waals surface area contributed by atoms with Crippen molar-refractivity contribution < 1.29 is 22.4 Å². The molecule has 0 bridgehead atoms. The SMILES string of the molecule is COCOc1ccc([B-](F)(F)F)cc1. The van der Waals surface area contributed by atoms with Gasteiger partial charge in [-0.25, -0.2) is 0 Å². The van der Waals surface area contributed by atoms with E-state index in [1.807, 2.05) is 0 Å². The van der Waals surface area contributed by atoms with Crippen LogP contribution in [0.4, 0.5) is 12.9 Å². The smallest absolute Gasteiger partial charge is 0.468 e. The van der Waals surface area contributed by atoms with Crippen molar-refractivity contribution in [2.45, 2.75) is 0 Å². The molecule has 0 spiro atoms. The third kappa shape index (κ3) is 2.95. The van der Waals surface area contributed by atoms with Crippen LogP contribution in [0.1, 0.15) is 0 Å². The highest BCUT2D eigenvalue weighted by Gasteiger charge is 2.24. The topological polar surface area (TPSA) is 18.5 Å². The first-order valence-electron chi connectivity index (χ1n) is 3.95. The molecule has 6 heteroatoms. The highest BCUT2D eigenvalue weighted by Crippen LogP contribution is 2.13. The number of rotatable bonds is 4. The van der Waals surface area contributed by atoms with Crippen molar-refractivity contribution in [3.8, 4) is 5.75 Å². The maximum Gasteiger partial charge on any atom is 0.509 e. The van der Waals surface area contributed by atoms with E-state index in [1.54, 1.807) is 0 Å². The van der Waals surface area contributed by atoms with E-state index in [0.29, 0.717) is 5.75 Å². The molecule has 0 amide bonds. The maximum atomic E-state index is 12.2. The third-order valence-corrected chi connectivity index (χ3v) is 1.60. The Morgan fingerprint density at radius 1 is 1.14 bits per heavy atom. The first-order chi connectivity index (χ1) is 6.54. The summed E-state index contributed by atoms with van der Waals surface area (Å²) in [4.78, 5) is 0. The Morgan fingerprint density at radius 2 is 1.71 bits per heavy atom. The normalized spacial score (nSPS) is 11.4. The van der Waals surface area contributed by atoms with Crippen molar-refractivity contribution in [3.63, 3.8) is 0 Å². The van der Waals surface area contributed by atoms with Gasteiger partial charge in [0.25, 0.3) is 0 Å². The number of halogens is 3. The summed E-state index contributed by atoms with van der Waals surface area (Å²) >= 11 is 0. The summed E-state index contributed by atoms with van der Waals surface area (Å²) in [6.45, 7) is -4.90. The Balaban J connectivity index is 2.69. The number of ether oxygens (including phenoxy) is 2. The van der Waals surface area contributed by atoms with Gasteiger partial charge in [-0.15, -0.1) is 5.46 Å². The zero-order chi connectivity index (χ0) is 10.6. The minimum absolute atomic E-state index is 0.0243. The van der Waals surface area contributed by atoms with Gasteiger partial charge < -0.3 is 22.4 Å². The van der Waals surface area contributed by atoms with E-state index < -0.39 is 12.4 Å². The number of methoxy groups -OCH3 is 1. The van der Waals surface area contributed by atoms with E-state index in [9.17, 15) is 12.9 Å². The molecule has 2 nitrogen and oxygen atoms in total. The number of hydrogen-bond donors (Lipinski definition) is 0. The lowest BCUT2D eigenvalue weighted by Crippen LogP contribution is -2.33. The molecular formula is C8H9BF3O2-. The van der Waals surface area contributed by atoms with E-state index >= 15 is 0 Å². The Morgan fingerprint density at radius 3 is 2.14 bits per heavy atom. The molecule has 0 saturated carbocycles. The third-order valence-electron chi connectivity index (χ3n) is 1.60. The Kier molecular flexibility index (Phi) is 3.40. The summed E-state index contributed by atoms with van der Waals surface area (Å²) < 4.78 is 46.0. The molecule has 0 fully saturated rings. The second kappa shape index (κ2) is 4.37. The molecule has 1 aromatic rings. The zero-order valence-electron chi connectivity index (χ0n) is 7.54. The van der Waals surface area contributed by atoms with Gasteiger partial charge in [0.05, 0.1) is 0 Å². The maximum absolute atomic E-state index is 12.2. The highest BCUT2D eigenvalue weighted by atomic mass is 19.4. The van der Waals surface area contributed by atoms with Crippen LogP contribution in [0, 0.1) is 0 Å². The fraction of sp³-hybridized carbons (Fsp3) is 0.250. The molecule has 1 aromatic carbocycles. The second-order valence-electron chi connectivity index (χ2n) is 2.69. The zero-order valence-corrected chi connectivity index (χ0v) is 7.54. The summed E-state index contributed by atoms with van der Waals surface area (Å²) in [5, 5.41) is 0. The molecule has 14 heavy (non-hydrogen) atoms. The van der Waals surface area contributed by atoms with Crippen LogP contribution in [0.15, 0.2) is 24.3 Å². The van der Waals surface area contributed by atoms with Crippen LogP contribution in [-0.4, -0.2) is 20.9 Å². The van der Waals surface area contributed by atoms with Gasteiger partial charge in [-0.1, -0.05) is 12.1 Å². The number of benzene rings is 1. The van der Waals surface area contributed by atoms with Crippen molar-refractivity contribution in [1.29, 1.82) is 0 Å². The molecule has 0 aliphatic carbocycles. The minimum Gasteiger partial charge on any atom is -0.468 e. The van der Waals surface area contributed by atoms with Crippen LogP contribution < -0.4 is 10.2 Å². The van der Waals surface area contributed by atoms with Gasteiger partial charge in [-0.05, 0) is 12.1 Å². The van der Waals surface area contributed by atoms with Gasteiger partial charge in [-0.2, -0.15) is 0 Å². The largest absolute Gasteiger partial charge is 0.509 e.